The standard InChI is InChI=1S/C15H20N2O3/c1-16-7-9-17(10-8-16)15(14(18)19)6-11-20-13-5-3-2-4-12(13)15/h2-5H,6-11H2,1H3,(H,18,19). The number of ether oxygens (including phenoxy) is 1. The average Bonchev–Trinajstić information content (AvgIpc) is 2.47. The molecule has 3 rings (SSSR count). The molecule has 1 atom stereocenters. The highest BCUT2D eigenvalue weighted by molar-refractivity contribution is 5.82. The quantitative estimate of drug-likeness (QED) is 0.873. The summed E-state index contributed by atoms with van der Waals surface area (Å²) in [6, 6.07) is 7.53. The van der Waals surface area contributed by atoms with Gasteiger partial charge in [0, 0.05) is 38.2 Å². The van der Waals surface area contributed by atoms with E-state index >= 15 is 0 Å². The number of carboxylic acids is 1. The molecule has 1 N–H and O–H groups in total. The molecule has 1 saturated heterocycles. The van der Waals surface area contributed by atoms with Gasteiger partial charge in [-0.15, -0.1) is 0 Å². The Morgan fingerprint density at radius 2 is 1.95 bits per heavy atom. The van der Waals surface area contributed by atoms with Gasteiger partial charge in [0.2, 0.25) is 0 Å². The van der Waals surface area contributed by atoms with E-state index in [1.807, 2.05) is 24.3 Å². The lowest BCUT2D eigenvalue weighted by Crippen LogP contribution is -2.59. The van der Waals surface area contributed by atoms with Crippen molar-refractivity contribution in [3.8, 4) is 5.75 Å². The molecule has 0 amide bonds. The van der Waals surface area contributed by atoms with E-state index in [4.69, 9.17) is 4.74 Å². The largest absolute Gasteiger partial charge is 0.493 e. The maximum atomic E-state index is 12.1. The van der Waals surface area contributed by atoms with Gasteiger partial charge in [0.1, 0.15) is 5.75 Å². The van der Waals surface area contributed by atoms with Crippen molar-refractivity contribution in [2.24, 2.45) is 0 Å². The summed E-state index contributed by atoms with van der Waals surface area (Å²) in [5.41, 5.74) is -0.140. The number of rotatable bonds is 2. The second-order valence-electron chi connectivity index (χ2n) is 5.55. The van der Waals surface area contributed by atoms with Crippen LogP contribution in [0.5, 0.6) is 5.75 Å². The predicted octanol–water partition coefficient (Wildman–Crippen LogP) is 0.996. The average molecular weight is 276 g/mol. The number of carboxylic acid groups (broad SMARTS) is 1. The molecule has 0 aliphatic carbocycles. The molecule has 5 nitrogen and oxygen atoms in total. The van der Waals surface area contributed by atoms with Crippen LogP contribution in [0.3, 0.4) is 0 Å². The van der Waals surface area contributed by atoms with Crippen LogP contribution in [-0.4, -0.2) is 60.7 Å². The molecule has 1 aromatic rings. The first-order valence-electron chi connectivity index (χ1n) is 7.04. The van der Waals surface area contributed by atoms with Gasteiger partial charge in [-0.2, -0.15) is 0 Å². The van der Waals surface area contributed by atoms with Gasteiger partial charge in [-0.1, -0.05) is 18.2 Å². The number of para-hydroxylation sites is 1. The van der Waals surface area contributed by atoms with E-state index in [-0.39, 0.29) is 0 Å². The van der Waals surface area contributed by atoms with Crippen LogP contribution in [-0.2, 0) is 10.3 Å². The highest BCUT2D eigenvalue weighted by Crippen LogP contribution is 2.41. The fourth-order valence-corrected chi connectivity index (χ4v) is 3.25. The summed E-state index contributed by atoms with van der Waals surface area (Å²) in [7, 11) is 2.07. The summed E-state index contributed by atoms with van der Waals surface area (Å²) >= 11 is 0. The molecule has 108 valence electrons. The number of piperazine rings is 1. The fourth-order valence-electron chi connectivity index (χ4n) is 3.25. The van der Waals surface area contributed by atoms with Crippen molar-refractivity contribution in [2.75, 3.05) is 39.8 Å². The molecule has 2 heterocycles. The van der Waals surface area contributed by atoms with E-state index in [0.717, 1.165) is 31.7 Å². The first kappa shape index (κ1) is 13.4. The van der Waals surface area contributed by atoms with Crippen molar-refractivity contribution in [1.29, 1.82) is 0 Å². The maximum Gasteiger partial charge on any atom is 0.329 e. The van der Waals surface area contributed by atoms with Gasteiger partial charge in [0.05, 0.1) is 6.61 Å². The monoisotopic (exact) mass is 276 g/mol. The summed E-state index contributed by atoms with van der Waals surface area (Å²) in [5, 5.41) is 9.94. The van der Waals surface area contributed by atoms with Gasteiger partial charge in [0.25, 0.3) is 0 Å². The molecule has 0 radical (unpaired) electrons. The highest BCUT2D eigenvalue weighted by Gasteiger charge is 2.49. The SMILES string of the molecule is CN1CCN(C2(C(=O)O)CCOc3ccccc32)CC1. The van der Waals surface area contributed by atoms with E-state index in [0.29, 0.717) is 18.8 Å². The van der Waals surface area contributed by atoms with Gasteiger partial charge in [-0.25, -0.2) is 4.79 Å². The zero-order valence-electron chi connectivity index (χ0n) is 11.7. The van der Waals surface area contributed by atoms with Crippen molar-refractivity contribution in [3.63, 3.8) is 0 Å². The Labute approximate surface area is 118 Å². The number of benzene rings is 1. The number of aliphatic carboxylic acids is 1. The lowest BCUT2D eigenvalue weighted by molar-refractivity contribution is -0.156. The molecule has 1 unspecified atom stereocenters. The molecular weight excluding hydrogens is 256 g/mol. The molecule has 2 aliphatic rings. The van der Waals surface area contributed by atoms with E-state index in [1.54, 1.807) is 0 Å². The lowest BCUT2D eigenvalue weighted by atomic mass is 9.82. The third kappa shape index (κ3) is 1.98. The normalized spacial score (nSPS) is 27.6. The molecule has 5 heteroatoms. The van der Waals surface area contributed by atoms with Crippen LogP contribution >= 0.6 is 0 Å². The highest BCUT2D eigenvalue weighted by atomic mass is 16.5. The third-order valence-electron chi connectivity index (χ3n) is 4.45. The summed E-state index contributed by atoms with van der Waals surface area (Å²) in [4.78, 5) is 16.5. The molecule has 0 bridgehead atoms. The van der Waals surface area contributed by atoms with Gasteiger partial charge >= 0.3 is 5.97 Å². The Balaban J connectivity index is 2.03. The van der Waals surface area contributed by atoms with Gasteiger partial charge in [0.15, 0.2) is 5.54 Å². The number of hydrogen-bond acceptors (Lipinski definition) is 4. The molecule has 20 heavy (non-hydrogen) atoms. The number of nitrogens with zero attached hydrogens (tertiary/aromatic N) is 2. The van der Waals surface area contributed by atoms with Crippen molar-refractivity contribution in [3.05, 3.63) is 29.8 Å². The smallest absolute Gasteiger partial charge is 0.329 e. The van der Waals surface area contributed by atoms with Crippen LogP contribution < -0.4 is 4.74 Å². The maximum absolute atomic E-state index is 12.1. The number of carbonyl (C=O) groups is 1. The van der Waals surface area contributed by atoms with Gasteiger partial charge in [-0.05, 0) is 13.1 Å². The predicted molar refractivity (Wildman–Crippen MR) is 74.9 cm³/mol. The van der Waals surface area contributed by atoms with Gasteiger partial charge in [-0.3, -0.25) is 4.90 Å². The van der Waals surface area contributed by atoms with Crippen LogP contribution in [0.2, 0.25) is 0 Å². The molecule has 1 aromatic carbocycles. The second-order valence-corrected chi connectivity index (χ2v) is 5.55. The van der Waals surface area contributed by atoms with E-state index < -0.39 is 11.5 Å². The molecule has 2 aliphatic heterocycles. The minimum absolute atomic E-state index is 0.454. The zero-order chi connectivity index (χ0) is 14.2. The van der Waals surface area contributed by atoms with Crippen LogP contribution in [0.4, 0.5) is 0 Å². The third-order valence-corrected chi connectivity index (χ3v) is 4.45. The van der Waals surface area contributed by atoms with Crippen LogP contribution in [0.25, 0.3) is 0 Å². The van der Waals surface area contributed by atoms with Crippen molar-refractivity contribution >= 4 is 5.97 Å². The molecule has 0 aromatic heterocycles. The lowest BCUT2D eigenvalue weighted by Gasteiger charge is -2.46. The molecule has 0 spiro atoms. The van der Waals surface area contributed by atoms with Crippen LogP contribution in [0.1, 0.15) is 12.0 Å². The first-order valence-corrected chi connectivity index (χ1v) is 7.04. The Kier molecular flexibility index (Phi) is 3.40. The van der Waals surface area contributed by atoms with Crippen molar-refractivity contribution in [1.82, 2.24) is 9.80 Å². The summed E-state index contributed by atoms with van der Waals surface area (Å²) in [5.74, 6) is -0.0575. The molecule has 1 fully saturated rings. The Morgan fingerprint density at radius 1 is 1.25 bits per heavy atom. The van der Waals surface area contributed by atoms with Gasteiger partial charge < -0.3 is 14.7 Å². The summed E-state index contributed by atoms with van der Waals surface area (Å²) in [6.45, 7) is 3.81. The zero-order valence-corrected chi connectivity index (χ0v) is 11.7. The fraction of sp³-hybridized carbons (Fsp3) is 0.533. The van der Waals surface area contributed by atoms with E-state index in [9.17, 15) is 9.90 Å². The second kappa shape index (κ2) is 5.07. The Bertz CT molecular complexity index is 512. The minimum atomic E-state index is -0.934. The van der Waals surface area contributed by atoms with Crippen LogP contribution in [0.15, 0.2) is 24.3 Å². The number of fused-ring (bicyclic) bond motifs is 1. The summed E-state index contributed by atoms with van der Waals surface area (Å²) in [6.07, 6.45) is 0.503. The minimum Gasteiger partial charge on any atom is -0.493 e. The number of hydrogen-bond donors (Lipinski definition) is 1. The van der Waals surface area contributed by atoms with E-state index in [1.165, 1.54) is 0 Å². The van der Waals surface area contributed by atoms with E-state index in [2.05, 4.69) is 16.8 Å². The van der Waals surface area contributed by atoms with Crippen molar-refractivity contribution in [2.45, 2.75) is 12.0 Å². The molecule has 0 saturated carbocycles. The van der Waals surface area contributed by atoms with Crippen molar-refractivity contribution < 1.29 is 14.6 Å². The Hall–Kier alpha value is -1.59. The van der Waals surface area contributed by atoms with Crippen LogP contribution in [0, 0.1) is 0 Å². The number of likely N-dealkylation sites (N-methyl/N-ethyl adjacent to an activating group) is 1. The molecular formula is C15H20N2O3. The topological polar surface area (TPSA) is 53.0 Å². The Morgan fingerprint density at radius 3 is 2.65 bits per heavy atom. The first-order chi connectivity index (χ1) is 9.64. The summed E-state index contributed by atoms with van der Waals surface area (Å²) < 4.78 is 5.64.